The maximum atomic E-state index is 14.8. The standard InChI is InChI=1S/C40H53F3N4O6S/c1-37(2,3)51-34(48)44-18-21-45-19-16-28(17-20-45)46(35(49)52-38(4,5)6)30-23-27(40(41,42)43)24-32-33(30)47(36(50)53-39(7,8)9)29-15-14-26(22-31(29)54-32)25-12-10-11-13-25/h12,14-15,22-24,28H,10-11,13,16-21H2,1-9H3,(H,44,48). The van der Waals surface area contributed by atoms with Crippen LogP contribution in [0.2, 0.25) is 0 Å². The molecule has 2 aliphatic heterocycles. The summed E-state index contributed by atoms with van der Waals surface area (Å²) in [5.41, 5.74) is -0.912. The van der Waals surface area contributed by atoms with Crippen LogP contribution in [0.3, 0.4) is 0 Å². The number of carbonyl (C=O) groups excluding carboxylic acids is 3. The zero-order valence-corrected chi connectivity index (χ0v) is 33.6. The zero-order valence-electron chi connectivity index (χ0n) is 32.7. The van der Waals surface area contributed by atoms with Crippen molar-refractivity contribution < 1.29 is 41.8 Å². The van der Waals surface area contributed by atoms with Gasteiger partial charge in [-0.1, -0.05) is 23.9 Å². The lowest BCUT2D eigenvalue weighted by atomic mass is 10.0. The summed E-state index contributed by atoms with van der Waals surface area (Å²) in [6.45, 7) is 17.4. The molecule has 1 N–H and O–H groups in total. The molecule has 0 atom stereocenters. The smallest absolute Gasteiger partial charge is 0.419 e. The molecule has 54 heavy (non-hydrogen) atoms. The molecule has 1 saturated heterocycles. The average molecular weight is 775 g/mol. The highest BCUT2D eigenvalue weighted by molar-refractivity contribution is 7.99. The van der Waals surface area contributed by atoms with Gasteiger partial charge in [0.1, 0.15) is 16.8 Å². The summed E-state index contributed by atoms with van der Waals surface area (Å²) < 4.78 is 61.4. The number of allylic oxidation sites excluding steroid dienone is 2. The zero-order chi connectivity index (χ0) is 39.8. The molecule has 296 valence electrons. The lowest BCUT2D eigenvalue weighted by Crippen LogP contribution is -2.50. The minimum absolute atomic E-state index is 0.0919. The number of benzene rings is 2. The van der Waals surface area contributed by atoms with Crippen LogP contribution in [0.5, 0.6) is 0 Å². The number of amides is 3. The fraction of sp³-hybridized carbons (Fsp3) is 0.575. The normalized spacial score (nSPS) is 17.0. The van der Waals surface area contributed by atoms with Crippen molar-refractivity contribution in [2.45, 2.75) is 133 Å². The number of ether oxygens (including phenoxy) is 3. The Bertz CT molecular complexity index is 1770. The van der Waals surface area contributed by atoms with Crippen LogP contribution in [0.15, 0.2) is 46.2 Å². The number of alkyl halides is 3. The molecule has 3 amide bonds. The number of nitrogens with zero attached hydrogens (tertiary/aromatic N) is 3. The third-order valence-electron chi connectivity index (χ3n) is 8.88. The van der Waals surface area contributed by atoms with E-state index in [4.69, 9.17) is 14.2 Å². The van der Waals surface area contributed by atoms with Gasteiger partial charge in [0.05, 0.1) is 22.6 Å². The minimum atomic E-state index is -4.76. The van der Waals surface area contributed by atoms with Crippen molar-refractivity contribution in [2.75, 3.05) is 36.0 Å². The largest absolute Gasteiger partial charge is 0.444 e. The minimum Gasteiger partial charge on any atom is -0.444 e. The van der Waals surface area contributed by atoms with Crippen molar-refractivity contribution in [3.05, 3.63) is 47.5 Å². The molecule has 1 aliphatic carbocycles. The first-order valence-electron chi connectivity index (χ1n) is 18.5. The number of likely N-dealkylation sites (tertiary alicyclic amines) is 1. The van der Waals surface area contributed by atoms with Crippen molar-refractivity contribution in [3.63, 3.8) is 0 Å². The van der Waals surface area contributed by atoms with Crippen LogP contribution >= 0.6 is 11.8 Å². The van der Waals surface area contributed by atoms with Gasteiger partial charge in [-0.05, 0) is 130 Å². The summed E-state index contributed by atoms with van der Waals surface area (Å²) in [6.07, 6.45) is -1.08. The molecule has 2 aromatic carbocycles. The average Bonchev–Trinajstić information content (AvgIpc) is 3.56. The number of hydrogen-bond donors (Lipinski definition) is 1. The summed E-state index contributed by atoms with van der Waals surface area (Å²) in [5.74, 6) is 0. The Morgan fingerprint density at radius 2 is 1.52 bits per heavy atom. The van der Waals surface area contributed by atoms with Gasteiger partial charge in [0.15, 0.2) is 0 Å². The number of piperidine rings is 1. The first-order valence-corrected chi connectivity index (χ1v) is 19.3. The first kappa shape index (κ1) is 41.3. The van der Waals surface area contributed by atoms with Crippen LogP contribution < -0.4 is 15.1 Å². The Hall–Kier alpha value is -3.91. The Morgan fingerprint density at radius 1 is 0.870 bits per heavy atom. The van der Waals surface area contributed by atoms with Gasteiger partial charge >= 0.3 is 24.5 Å². The van der Waals surface area contributed by atoms with Crippen molar-refractivity contribution in [1.82, 2.24) is 10.2 Å². The van der Waals surface area contributed by atoms with Gasteiger partial charge in [-0.15, -0.1) is 0 Å². The summed E-state index contributed by atoms with van der Waals surface area (Å²) in [7, 11) is 0. The molecule has 1 fully saturated rings. The summed E-state index contributed by atoms with van der Waals surface area (Å²) >= 11 is 1.13. The highest BCUT2D eigenvalue weighted by Gasteiger charge is 2.43. The molecule has 14 heteroatoms. The van der Waals surface area contributed by atoms with Gasteiger partial charge < -0.3 is 24.4 Å². The van der Waals surface area contributed by atoms with Crippen LogP contribution in [0.4, 0.5) is 44.6 Å². The molecule has 0 bridgehead atoms. The number of rotatable bonds is 6. The van der Waals surface area contributed by atoms with E-state index in [0.717, 1.165) is 54.3 Å². The maximum Gasteiger partial charge on any atom is 0.419 e. The molecule has 5 rings (SSSR count). The van der Waals surface area contributed by atoms with Gasteiger partial charge in [-0.25, -0.2) is 19.3 Å². The van der Waals surface area contributed by atoms with Crippen LogP contribution in [-0.4, -0.2) is 72.2 Å². The molecular weight excluding hydrogens is 722 g/mol. The lowest BCUT2D eigenvalue weighted by molar-refractivity contribution is -0.137. The van der Waals surface area contributed by atoms with Crippen LogP contribution in [0.1, 0.15) is 106 Å². The predicted octanol–water partition coefficient (Wildman–Crippen LogP) is 10.5. The molecule has 0 radical (unpaired) electrons. The van der Waals surface area contributed by atoms with E-state index in [2.05, 4.69) is 16.3 Å². The Balaban J connectivity index is 1.57. The van der Waals surface area contributed by atoms with Gasteiger partial charge in [0, 0.05) is 42.0 Å². The predicted molar refractivity (Wildman–Crippen MR) is 205 cm³/mol. The number of fused-ring (bicyclic) bond motifs is 2. The Kier molecular flexibility index (Phi) is 12.0. The number of carbonyl (C=O) groups is 3. The molecule has 0 aromatic heterocycles. The van der Waals surface area contributed by atoms with E-state index in [1.165, 1.54) is 9.80 Å². The third kappa shape index (κ3) is 10.4. The molecule has 3 aliphatic rings. The van der Waals surface area contributed by atoms with E-state index in [9.17, 15) is 27.6 Å². The van der Waals surface area contributed by atoms with E-state index < -0.39 is 52.9 Å². The van der Waals surface area contributed by atoms with Crippen molar-refractivity contribution in [3.8, 4) is 0 Å². The van der Waals surface area contributed by atoms with E-state index >= 15 is 0 Å². The van der Waals surface area contributed by atoms with Crippen molar-refractivity contribution in [1.29, 1.82) is 0 Å². The summed E-state index contributed by atoms with van der Waals surface area (Å²) in [4.78, 5) is 46.2. The van der Waals surface area contributed by atoms with Crippen LogP contribution in [-0.2, 0) is 20.4 Å². The van der Waals surface area contributed by atoms with Crippen molar-refractivity contribution in [2.24, 2.45) is 0 Å². The molecule has 0 unspecified atom stereocenters. The molecular formula is C40H53F3N4O6S. The topological polar surface area (TPSA) is 101 Å². The molecule has 10 nitrogen and oxygen atoms in total. The second-order valence-corrected chi connectivity index (χ2v) is 18.0. The molecule has 2 aromatic rings. The van der Waals surface area contributed by atoms with Crippen LogP contribution in [0.25, 0.3) is 5.57 Å². The third-order valence-corrected chi connectivity index (χ3v) is 9.96. The summed E-state index contributed by atoms with van der Waals surface area (Å²) in [5, 5.41) is 2.75. The number of anilines is 3. The fourth-order valence-corrected chi connectivity index (χ4v) is 7.84. The Morgan fingerprint density at radius 3 is 2.09 bits per heavy atom. The van der Waals surface area contributed by atoms with E-state index in [1.807, 2.05) is 12.1 Å². The van der Waals surface area contributed by atoms with Crippen LogP contribution in [0, 0.1) is 0 Å². The van der Waals surface area contributed by atoms with E-state index in [-0.39, 0.29) is 16.3 Å². The SMILES string of the molecule is CC(C)(C)OC(=O)NCCN1CCC(N(C(=O)OC(C)(C)C)c2cc(C(F)(F)F)cc3c2N(C(=O)OC(C)(C)C)c2ccc(C4=CCCC4)cc2S3)CC1. The highest BCUT2D eigenvalue weighted by Crippen LogP contribution is 2.55. The van der Waals surface area contributed by atoms with Gasteiger partial charge in [0.25, 0.3) is 0 Å². The molecule has 0 spiro atoms. The highest BCUT2D eigenvalue weighted by atomic mass is 32.2. The van der Waals surface area contributed by atoms with Gasteiger partial charge in [0.2, 0.25) is 0 Å². The number of alkyl carbamates (subject to hydrolysis) is 1. The number of hydrogen-bond acceptors (Lipinski definition) is 8. The second-order valence-electron chi connectivity index (χ2n) is 16.9. The van der Waals surface area contributed by atoms with Crippen molar-refractivity contribution >= 4 is 52.7 Å². The van der Waals surface area contributed by atoms with Gasteiger partial charge in [-0.2, -0.15) is 13.2 Å². The molecule has 0 saturated carbocycles. The quantitative estimate of drug-likeness (QED) is 0.290. The maximum absolute atomic E-state index is 14.8. The van der Waals surface area contributed by atoms with Gasteiger partial charge in [-0.3, -0.25) is 4.90 Å². The fourth-order valence-electron chi connectivity index (χ4n) is 6.68. The monoisotopic (exact) mass is 774 g/mol. The molecule has 2 heterocycles. The van der Waals surface area contributed by atoms with E-state index in [1.54, 1.807) is 68.4 Å². The number of nitrogens with one attached hydrogen (secondary N) is 1. The lowest BCUT2D eigenvalue weighted by Gasteiger charge is -2.42. The van der Waals surface area contributed by atoms with E-state index in [0.29, 0.717) is 49.6 Å². The first-order chi connectivity index (χ1) is 25.0. The Labute approximate surface area is 320 Å². The number of halogens is 3. The summed E-state index contributed by atoms with van der Waals surface area (Å²) in [6, 6.07) is 7.04. The second kappa shape index (κ2) is 15.7.